The molecule has 0 saturated carbocycles. The maximum Gasteiger partial charge on any atom is 0.243 e. The van der Waals surface area contributed by atoms with Gasteiger partial charge in [0.1, 0.15) is 6.04 Å². The summed E-state index contributed by atoms with van der Waals surface area (Å²) in [5.74, 6) is -0.524. The van der Waals surface area contributed by atoms with Gasteiger partial charge in [-0.05, 0) is 62.6 Å². The Morgan fingerprint density at radius 2 is 1.72 bits per heavy atom. The molecule has 2 rings (SSSR count). The van der Waals surface area contributed by atoms with Crippen LogP contribution in [-0.2, 0) is 26.2 Å². The molecule has 0 bridgehead atoms. The van der Waals surface area contributed by atoms with E-state index in [0.717, 1.165) is 11.8 Å². The highest BCUT2D eigenvalue weighted by molar-refractivity contribution is 7.92. The molecule has 0 radical (unpaired) electrons. The van der Waals surface area contributed by atoms with Gasteiger partial charge in [0, 0.05) is 30.6 Å². The molecule has 0 fully saturated rings. The average Bonchev–Trinajstić information content (AvgIpc) is 2.77. The van der Waals surface area contributed by atoms with Gasteiger partial charge in [0.15, 0.2) is 0 Å². The van der Waals surface area contributed by atoms with Gasteiger partial charge in [-0.3, -0.25) is 13.9 Å². The topological polar surface area (TPSA) is 86.8 Å². The Morgan fingerprint density at radius 3 is 2.28 bits per heavy atom. The van der Waals surface area contributed by atoms with Crippen LogP contribution in [0.5, 0.6) is 0 Å². The first kappa shape index (κ1) is 30.2. The van der Waals surface area contributed by atoms with E-state index in [0.29, 0.717) is 27.2 Å². The summed E-state index contributed by atoms with van der Waals surface area (Å²) in [6.45, 7) is 5.78. The normalized spacial score (nSPS) is 12.3. The minimum Gasteiger partial charge on any atom is -0.352 e. The van der Waals surface area contributed by atoms with Gasteiger partial charge in [-0.25, -0.2) is 8.42 Å². The zero-order valence-corrected chi connectivity index (χ0v) is 23.9. The Kier molecular flexibility index (Phi) is 11.3. The second-order valence-electron chi connectivity index (χ2n) is 8.78. The smallest absolute Gasteiger partial charge is 0.243 e. The molecule has 0 aliphatic carbocycles. The summed E-state index contributed by atoms with van der Waals surface area (Å²) in [5, 5.41) is 4.03. The molecule has 2 aromatic rings. The fourth-order valence-corrected chi connectivity index (χ4v) is 5.23. The molecule has 198 valence electrons. The van der Waals surface area contributed by atoms with Gasteiger partial charge < -0.3 is 10.2 Å². The number of amides is 2. The lowest BCUT2D eigenvalue weighted by molar-refractivity contribution is -0.141. The highest BCUT2D eigenvalue weighted by Gasteiger charge is 2.29. The predicted molar refractivity (Wildman–Crippen MR) is 147 cm³/mol. The first-order chi connectivity index (χ1) is 16.8. The SMILES string of the molecule is CC[C@H](C(=O)NC(C)C)N(Cc1ccc(Cl)c(Cl)c1)C(=O)CCCN(c1cccc(Cl)c1)S(C)(=O)=O. The third-order valence-electron chi connectivity index (χ3n) is 5.40. The Hall–Kier alpha value is -2.00. The minimum atomic E-state index is -3.60. The van der Waals surface area contributed by atoms with Crippen LogP contribution in [0.25, 0.3) is 0 Å². The molecule has 1 N–H and O–H groups in total. The molecular formula is C25H32Cl3N3O4S. The molecule has 0 aromatic heterocycles. The third-order valence-corrected chi connectivity index (χ3v) is 7.57. The molecule has 0 aliphatic rings. The minimum absolute atomic E-state index is 0.0410. The lowest BCUT2D eigenvalue weighted by Crippen LogP contribution is -2.50. The van der Waals surface area contributed by atoms with Crippen molar-refractivity contribution in [3.8, 4) is 0 Å². The first-order valence-electron chi connectivity index (χ1n) is 11.6. The molecule has 11 heteroatoms. The van der Waals surface area contributed by atoms with Crippen molar-refractivity contribution in [2.24, 2.45) is 0 Å². The molecule has 0 spiro atoms. The maximum absolute atomic E-state index is 13.4. The van der Waals surface area contributed by atoms with Crippen LogP contribution >= 0.6 is 34.8 Å². The van der Waals surface area contributed by atoms with E-state index in [-0.39, 0.29) is 43.8 Å². The number of anilines is 1. The van der Waals surface area contributed by atoms with Gasteiger partial charge in [-0.1, -0.05) is 53.9 Å². The second kappa shape index (κ2) is 13.5. The Bertz CT molecular complexity index is 1170. The molecule has 0 aliphatic heterocycles. The van der Waals surface area contributed by atoms with Gasteiger partial charge in [0.2, 0.25) is 21.8 Å². The number of benzene rings is 2. The van der Waals surface area contributed by atoms with Crippen molar-refractivity contribution in [2.75, 3.05) is 17.1 Å². The zero-order chi connectivity index (χ0) is 27.0. The van der Waals surface area contributed by atoms with Crippen LogP contribution in [0.1, 0.15) is 45.6 Å². The van der Waals surface area contributed by atoms with E-state index in [1.807, 2.05) is 20.8 Å². The van der Waals surface area contributed by atoms with Gasteiger partial charge >= 0.3 is 0 Å². The van der Waals surface area contributed by atoms with E-state index in [1.54, 1.807) is 42.5 Å². The zero-order valence-electron chi connectivity index (χ0n) is 20.8. The molecule has 7 nitrogen and oxygen atoms in total. The summed E-state index contributed by atoms with van der Waals surface area (Å²) in [6, 6.07) is 10.8. The number of halogens is 3. The maximum atomic E-state index is 13.4. The molecule has 2 amide bonds. The lowest BCUT2D eigenvalue weighted by Gasteiger charge is -2.31. The quantitative estimate of drug-likeness (QED) is 0.360. The fourth-order valence-electron chi connectivity index (χ4n) is 3.77. The van der Waals surface area contributed by atoms with E-state index in [1.165, 1.54) is 9.21 Å². The predicted octanol–water partition coefficient (Wildman–Crippen LogP) is 5.53. The molecular weight excluding hydrogens is 545 g/mol. The number of hydrogen-bond donors (Lipinski definition) is 1. The van der Waals surface area contributed by atoms with Gasteiger partial charge in [0.05, 0.1) is 22.0 Å². The molecule has 2 aromatic carbocycles. The number of nitrogens with one attached hydrogen (secondary N) is 1. The Labute approximate surface area is 228 Å². The van der Waals surface area contributed by atoms with Crippen LogP contribution in [0.3, 0.4) is 0 Å². The first-order valence-corrected chi connectivity index (χ1v) is 14.6. The Morgan fingerprint density at radius 1 is 1.03 bits per heavy atom. The number of sulfonamides is 1. The van der Waals surface area contributed by atoms with Gasteiger partial charge in [-0.15, -0.1) is 0 Å². The molecule has 36 heavy (non-hydrogen) atoms. The van der Waals surface area contributed by atoms with Crippen LogP contribution < -0.4 is 9.62 Å². The number of hydrogen-bond acceptors (Lipinski definition) is 4. The summed E-state index contributed by atoms with van der Waals surface area (Å²) in [5.41, 5.74) is 1.15. The molecule has 0 saturated heterocycles. The van der Waals surface area contributed by atoms with Crippen molar-refractivity contribution < 1.29 is 18.0 Å². The van der Waals surface area contributed by atoms with E-state index >= 15 is 0 Å². The average molecular weight is 577 g/mol. The fraction of sp³-hybridized carbons (Fsp3) is 0.440. The van der Waals surface area contributed by atoms with Crippen molar-refractivity contribution in [1.29, 1.82) is 0 Å². The third kappa shape index (κ3) is 8.83. The van der Waals surface area contributed by atoms with Crippen LogP contribution in [0.15, 0.2) is 42.5 Å². The van der Waals surface area contributed by atoms with E-state index < -0.39 is 16.1 Å². The molecule has 0 unspecified atom stereocenters. The molecule has 0 heterocycles. The number of carbonyl (C=O) groups excluding carboxylic acids is 2. The van der Waals surface area contributed by atoms with E-state index in [2.05, 4.69) is 5.32 Å². The summed E-state index contributed by atoms with van der Waals surface area (Å²) in [6.07, 6.45) is 1.80. The standard InChI is InChI=1S/C25H32Cl3N3O4S/c1-5-23(25(33)29-17(2)3)30(16-18-11-12-21(27)22(28)14-18)24(32)10-7-13-31(36(4,34)35)20-9-6-8-19(26)15-20/h6,8-9,11-12,14-15,17,23H,5,7,10,13,16H2,1-4H3,(H,29,33)/t23-/m1/s1. The van der Waals surface area contributed by atoms with Crippen LogP contribution in [0.4, 0.5) is 5.69 Å². The summed E-state index contributed by atoms with van der Waals surface area (Å²) < 4.78 is 26.0. The van der Waals surface area contributed by atoms with Crippen molar-refractivity contribution in [3.63, 3.8) is 0 Å². The van der Waals surface area contributed by atoms with Gasteiger partial charge in [0.25, 0.3) is 0 Å². The molecule has 1 atom stereocenters. The van der Waals surface area contributed by atoms with Crippen molar-refractivity contribution >= 4 is 62.3 Å². The van der Waals surface area contributed by atoms with E-state index in [9.17, 15) is 18.0 Å². The summed E-state index contributed by atoms with van der Waals surface area (Å²) >= 11 is 18.2. The summed E-state index contributed by atoms with van der Waals surface area (Å²) in [4.78, 5) is 27.8. The van der Waals surface area contributed by atoms with Crippen LogP contribution in [-0.4, -0.2) is 50.0 Å². The number of nitrogens with zero attached hydrogens (tertiary/aromatic N) is 2. The summed E-state index contributed by atoms with van der Waals surface area (Å²) in [7, 11) is -3.60. The van der Waals surface area contributed by atoms with Crippen molar-refractivity contribution in [3.05, 3.63) is 63.1 Å². The van der Waals surface area contributed by atoms with Crippen LogP contribution in [0, 0.1) is 0 Å². The van der Waals surface area contributed by atoms with Gasteiger partial charge in [-0.2, -0.15) is 0 Å². The highest BCUT2D eigenvalue weighted by atomic mass is 35.5. The lowest BCUT2D eigenvalue weighted by atomic mass is 10.1. The monoisotopic (exact) mass is 575 g/mol. The number of rotatable bonds is 12. The van der Waals surface area contributed by atoms with Crippen LogP contribution in [0.2, 0.25) is 15.1 Å². The largest absolute Gasteiger partial charge is 0.352 e. The Balaban J connectivity index is 2.24. The van der Waals surface area contributed by atoms with Crippen molar-refractivity contribution in [2.45, 2.75) is 58.7 Å². The number of carbonyl (C=O) groups is 2. The second-order valence-corrected chi connectivity index (χ2v) is 11.9. The van der Waals surface area contributed by atoms with Crippen molar-refractivity contribution in [1.82, 2.24) is 10.2 Å². The highest BCUT2D eigenvalue weighted by Crippen LogP contribution is 2.25. The van der Waals surface area contributed by atoms with E-state index in [4.69, 9.17) is 34.8 Å².